The Morgan fingerprint density at radius 1 is 1.25 bits per heavy atom. The van der Waals surface area contributed by atoms with Gasteiger partial charge in [0.25, 0.3) is 0 Å². The molecule has 16 heavy (non-hydrogen) atoms. The number of hydrogen-bond acceptors (Lipinski definition) is 3. The van der Waals surface area contributed by atoms with Gasteiger partial charge in [0.1, 0.15) is 0 Å². The summed E-state index contributed by atoms with van der Waals surface area (Å²) in [5, 5.41) is 3.37. The number of benzene rings is 1. The summed E-state index contributed by atoms with van der Waals surface area (Å²) in [4.78, 5) is 2.39. The van der Waals surface area contributed by atoms with Crippen LogP contribution in [0.15, 0.2) is 18.2 Å². The second-order valence-electron chi connectivity index (χ2n) is 4.04. The molecule has 0 aliphatic rings. The van der Waals surface area contributed by atoms with Crippen LogP contribution >= 0.6 is 0 Å². The first-order chi connectivity index (χ1) is 7.67. The summed E-state index contributed by atoms with van der Waals surface area (Å²) >= 11 is 0. The van der Waals surface area contributed by atoms with Crippen molar-refractivity contribution in [1.82, 2.24) is 4.90 Å². The second kappa shape index (κ2) is 6.38. The summed E-state index contributed by atoms with van der Waals surface area (Å²) in [5.41, 5.74) is 9.00. The standard InChI is InChI=1S/C13H23N3/c1-4-16(5-2)9-8-15-13-7-6-11(3)10-12(13)14/h6-7,10,15H,4-5,8-9,14H2,1-3H3. The smallest absolute Gasteiger partial charge is 0.0574 e. The molecule has 0 aliphatic carbocycles. The molecule has 3 N–H and O–H groups in total. The number of nitrogens with one attached hydrogen (secondary N) is 1. The van der Waals surface area contributed by atoms with Gasteiger partial charge in [0.15, 0.2) is 0 Å². The van der Waals surface area contributed by atoms with Crippen LogP contribution in [0.4, 0.5) is 11.4 Å². The largest absolute Gasteiger partial charge is 0.397 e. The Bertz CT molecular complexity index is 319. The fraction of sp³-hybridized carbons (Fsp3) is 0.538. The normalized spacial score (nSPS) is 10.8. The summed E-state index contributed by atoms with van der Waals surface area (Å²) in [5.74, 6) is 0. The lowest BCUT2D eigenvalue weighted by atomic mass is 10.2. The van der Waals surface area contributed by atoms with Crippen molar-refractivity contribution >= 4 is 11.4 Å². The zero-order chi connectivity index (χ0) is 12.0. The minimum absolute atomic E-state index is 0.833. The van der Waals surface area contributed by atoms with Crippen molar-refractivity contribution in [2.45, 2.75) is 20.8 Å². The predicted molar refractivity (Wildman–Crippen MR) is 71.9 cm³/mol. The number of anilines is 2. The topological polar surface area (TPSA) is 41.3 Å². The molecule has 0 heterocycles. The first kappa shape index (κ1) is 12.8. The maximum Gasteiger partial charge on any atom is 0.0574 e. The number of hydrogen-bond donors (Lipinski definition) is 2. The van der Waals surface area contributed by atoms with E-state index in [-0.39, 0.29) is 0 Å². The van der Waals surface area contributed by atoms with E-state index < -0.39 is 0 Å². The number of nitrogens with zero attached hydrogens (tertiary/aromatic N) is 1. The molecule has 0 aromatic heterocycles. The van der Waals surface area contributed by atoms with Crippen LogP contribution in [0.1, 0.15) is 19.4 Å². The summed E-state index contributed by atoms with van der Waals surface area (Å²) in [7, 11) is 0. The SMILES string of the molecule is CCN(CC)CCNc1ccc(C)cc1N. The van der Waals surface area contributed by atoms with E-state index in [9.17, 15) is 0 Å². The van der Waals surface area contributed by atoms with Crippen molar-refractivity contribution in [3.05, 3.63) is 23.8 Å². The third-order valence-electron chi connectivity index (χ3n) is 2.84. The third-order valence-corrected chi connectivity index (χ3v) is 2.84. The van der Waals surface area contributed by atoms with Crippen LogP contribution in [0.2, 0.25) is 0 Å². The van der Waals surface area contributed by atoms with Crippen LogP contribution in [0, 0.1) is 6.92 Å². The van der Waals surface area contributed by atoms with Gasteiger partial charge < -0.3 is 16.0 Å². The molecule has 1 rings (SSSR count). The lowest BCUT2D eigenvalue weighted by molar-refractivity contribution is 0.316. The summed E-state index contributed by atoms with van der Waals surface area (Å²) in [6.45, 7) is 10.6. The van der Waals surface area contributed by atoms with Crippen LogP contribution < -0.4 is 11.1 Å². The number of nitrogen functional groups attached to an aromatic ring is 1. The maximum absolute atomic E-state index is 5.93. The van der Waals surface area contributed by atoms with Gasteiger partial charge in [0.2, 0.25) is 0 Å². The molecular formula is C13H23N3. The summed E-state index contributed by atoms with van der Waals surface area (Å²) in [6, 6.07) is 6.13. The molecule has 0 saturated heterocycles. The van der Waals surface area contributed by atoms with Gasteiger partial charge in [-0.05, 0) is 37.7 Å². The molecule has 0 saturated carbocycles. The van der Waals surface area contributed by atoms with E-state index in [0.29, 0.717) is 0 Å². The van der Waals surface area contributed by atoms with E-state index in [4.69, 9.17) is 5.73 Å². The molecule has 0 unspecified atom stereocenters. The number of rotatable bonds is 6. The quantitative estimate of drug-likeness (QED) is 0.724. The highest BCUT2D eigenvalue weighted by Gasteiger charge is 2.00. The van der Waals surface area contributed by atoms with Gasteiger partial charge in [0, 0.05) is 13.1 Å². The van der Waals surface area contributed by atoms with Crippen LogP contribution in [-0.4, -0.2) is 31.1 Å². The Morgan fingerprint density at radius 3 is 2.50 bits per heavy atom. The molecule has 0 radical (unpaired) electrons. The van der Waals surface area contributed by atoms with E-state index in [2.05, 4.69) is 37.1 Å². The average Bonchev–Trinajstić information content (AvgIpc) is 2.27. The molecule has 0 bridgehead atoms. The first-order valence-electron chi connectivity index (χ1n) is 5.99. The van der Waals surface area contributed by atoms with E-state index in [1.807, 2.05) is 12.1 Å². The molecule has 0 atom stereocenters. The minimum atomic E-state index is 0.833. The molecule has 1 aromatic rings. The zero-order valence-corrected chi connectivity index (χ0v) is 10.6. The highest BCUT2D eigenvalue weighted by atomic mass is 15.1. The minimum Gasteiger partial charge on any atom is -0.397 e. The van der Waals surface area contributed by atoms with Crippen molar-refractivity contribution in [2.24, 2.45) is 0 Å². The lowest BCUT2D eigenvalue weighted by Crippen LogP contribution is -2.28. The molecule has 0 amide bonds. The summed E-state index contributed by atoms with van der Waals surface area (Å²) < 4.78 is 0. The Labute approximate surface area is 98.6 Å². The molecule has 3 heteroatoms. The Kier molecular flexibility index (Phi) is 5.12. The van der Waals surface area contributed by atoms with Crippen molar-refractivity contribution in [3.8, 4) is 0 Å². The molecule has 0 spiro atoms. The van der Waals surface area contributed by atoms with Crippen molar-refractivity contribution in [3.63, 3.8) is 0 Å². The Hall–Kier alpha value is -1.22. The highest BCUT2D eigenvalue weighted by molar-refractivity contribution is 5.66. The van der Waals surface area contributed by atoms with Gasteiger partial charge in [0.05, 0.1) is 11.4 Å². The van der Waals surface area contributed by atoms with Gasteiger partial charge in [-0.15, -0.1) is 0 Å². The monoisotopic (exact) mass is 221 g/mol. The van der Waals surface area contributed by atoms with Crippen molar-refractivity contribution < 1.29 is 0 Å². The van der Waals surface area contributed by atoms with Crippen LogP contribution in [-0.2, 0) is 0 Å². The van der Waals surface area contributed by atoms with Crippen LogP contribution in [0.3, 0.4) is 0 Å². The van der Waals surface area contributed by atoms with Gasteiger partial charge >= 0.3 is 0 Å². The Balaban J connectivity index is 2.42. The van der Waals surface area contributed by atoms with E-state index in [0.717, 1.165) is 37.6 Å². The Morgan fingerprint density at radius 2 is 1.94 bits per heavy atom. The van der Waals surface area contributed by atoms with E-state index in [1.54, 1.807) is 0 Å². The predicted octanol–water partition coefficient (Wildman–Crippen LogP) is 2.33. The van der Waals surface area contributed by atoms with Crippen LogP contribution in [0.25, 0.3) is 0 Å². The number of aryl methyl sites for hydroxylation is 1. The fourth-order valence-electron chi connectivity index (χ4n) is 1.73. The third kappa shape index (κ3) is 3.74. The fourth-order valence-corrected chi connectivity index (χ4v) is 1.73. The van der Waals surface area contributed by atoms with Gasteiger partial charge in [-0.2, -0.15) is 0 Å². The van der Waals surface area contributed by atoms with Crippen molar-refractivity contribution in [2.75, 3.05) is 37.2 Å². The average molecular weight is 221 g/mol. The van der Waals surface area contributed by atoms with Gasteiger partial charge in [-0.3, -0.25) is 0 Å². The molecule has 0 aliphatic heterocycles. The van der Waals surface area contributed by atoms with Gasteiger partial charge in [-0.1, -0.05) is 19.9 Å². The van der Waals surface area contributed by atoms with E-state index in [1.165, 1.54) is 5.56 Å². The van der Waals surface area contributed by atoms with Gasteiger partial charge in [-0.25, -0.2) is 0 Å². The number of likely N-dealkylation sites (N-methyl/N-ethyl adjacent to an activating group) is 1. The molecule has 90 valence electrons. The van der Waals surface area contributed by atoms with Crippen LogP contribution in [0.5, 0.6) is 0 Å². The maximum atomic E-state index is 5.93. The zero-order valence-electron chi connectivity index (χ0n) is 10.6. The second-order valence-corrected chi connectivity index (χ2v) is 4.04. The summed E-state index contributed by atoms with van der Waals surface area (Å²) in [6.07, 6.45) is 0. The van der Waals surface area contributed by atoms with E-state index >= 15 is 0 Å². The molecular weight excluding hydrogens is 198 g/mol. The molecule has 3 nitrogen and oxygen atoms in total. The molecule has 0 fully saturated rings. The van der Waals surface area contributed by atoms with Crippen molar-refractivity contribution in [1.29, 1.82) is 0 Å². The molecule has 1 aromatic carbocycles. The number of nitrogens with two attached hydrogens (primary N) is 1. The highest BCUT2D eigenvalue weighted by Crippen LogP contribution is 2.18. The lowest BCUT2D eigenvalue weighted by Gasteiger charge is -2.19. The first-order valence-corrected chi connectivity index (χ1v) is 5.99.